The van der Waals surface area contributed by atoms with Gasteiger partial charge in [-0.1, -0.05) is 61.9 Å². The molecular formula is C21H30N2O4S. The van der Waals surface area contributed by atoms with Crippen LogP contribution in [0.5, 0.6) is 0 Å². The molecule has 154 valence electrons. The van der Waals surface area contributed by atoms with Crippen molar-refractivity contribution in [2.45, 2.75) is 44.9 Å². The number of nitrogens with one attached hydrogen (secondary N) is 2. The van der Waals surface area contributed by atoms with Gasteiger partial charge in [-0.25, -0.2) is 5.43 Å². The summed E-state index contributed by atoms with van der Waals surface area (Å²) in [5.74, 6) is 0.650. The third-order valence-corrected chi connectivity index (χ3v) is 4.74. The summed E-state index contributed by atoms with van der Waals surface area (Å²) in [6, 6.07) is 16.2. The third-order valence-electron chi connectivity index (χ3n) is 3.88. The van der Waals surface area contributed by atoms with Crippen LogP contribution in [0.3, 0.4) is 0 Å². The van der Waals surface area contributed by atoms with Gasteiger partial charge >= 0.3 is 0 Å². The van der Waals surface area contributed by atoms with E-state index in [0.29, 0.717) is 12.3 Å². The van der Waals surface area contributed by atoms with E-state index in [-0.39, 0.29) is 10.8 Å². The molecule has 0 radical (unpaired) electrons. The van der Waals surface area contributed by atoms with Crippen LogP contribution >= 0.6 is 0 Å². The molecule has 0 spiro atoms. The first-order valence-electron chi connectivity index (χ1n) is 9.28. The van der Waals surface area contributed by atoms with Gasteiger partial charge in [0.1, 0.15) is 0 Å². The van der Waals surface area contributed by atoms with Crippen molar-refractivity contribution in [3.8, 4) is 0 Å². The predicted octanol–water partition coefficient (Wildman–Crippen LogP) is 3.53. The number of carbonyl (C=O) groups excluding carboxylic acids is 1. The molecule has 0 saturated carbocycles. The van der Waals surface area contributed by atoms with Gasteiger partial charge in [-0.3, -0.25) is 14.8 Å². The highest BCUT2D eigenvalue weighted by molar-refractivity contribution is 7.85. The van der Waals surface area contributed by atoms with Crippen molar-refractivity contribution in [3.63, 3.8) is 0 Å². The van der Waals surface area contributed by atoms with Crippen LogP contribution in [-0.4, -0.2) is 25.4 Å². The lowest BCUT2D eigenvalue weighted by atomic mass is 10.1. The minimum atomic E-state index is -4.02. The first-order valence-corrected chi connectivity index (χ1v) is 10.7. The number of aryl methyl sites for hydroxylation is 1. The molecule has 0 aliphatic carbocycles. The van der Waals surface area contributed by atoms with Crippen molar-refractivity contribution in [3.05, 3.63) is 65.7 Å². The third kappa shape index (κ3) is 10.8. The van der Waals surface area contributed by atoms with E-state index in [1.165, 1.54) is 17.7 Å². The van der Waals surface area contributed by atoms with Gasteiger partial charge < -0.3 is 0 Å². The summed E-state index contributed by atoms with van der Waals surface area (Å²) in [5, 5.41) is 0. The van der Waals surface area contributed by atoms with Crippen LogP contribution in [-0.2, 0) is 21.3 Å². The maximum absolute atomic E-state index is 11.4. The molecule has 3 N–H and O–H groups in total. The van der Waals surface area contributed by atoms with E-state index in [9.17, 15) is 13.2 Å². The topological polar surface area (TPSA) is 95.5 Å². The Morgan fingerprint density at radius 2 is 1.64 bits per heavy atom. The number of hydrazine groups is 1. The molecule has 6 nitrogen and oxygen atoms in total. The van der Waals surface area contributed by atoms with Crippen molar-refractivity contribution in [1.82, 2.24) is 10.9 Å². The van der Waals surface area contributed by atoms with E-state index in [4.69, 9.17) is 4.55 Å². The van der Waals surface area contributed by atoms with Crippen molar-refractivity contribution in [2.24, 2.45) is 5.92 Å². The normalized spacial score (nSPS) is 10.9. The molecule has 2 aromatic carbocycles. The van der Waals surface area contributed by atoms with E-state index in [1.807, 2.05) is 25.1 Å². The Bertz CT molecular complexity index is 804. The molecule has 0 unspecified atom stereocenters. The Hall–Kier alpha value is -2.22. The Labute approximate surface area is 168 Å². The van der Waals surface area contributed by atoms with Crippen molar-refractivity contribution >= 4 is 16.0 Å². The molecule has 2 rings (SSSR count). The fourth-order valence-corrected chi connectivity index (χ4v) is 2.69. The lowest BCUT2D eigenvalue weighted by Gasteiger charge is -2.08. The van der Waals surface area contributed by atoms with E-state index in [0.717, 1.165) is 24.9 Å². The SMILES string of the molecule is CC(C)CCC(=O)NNCCc1ccccc1.Cc1ccc(S(=O)(=O)O)cc1. The Kier molecular flexibility index (Phi) is 10.4. The van der Waals surface area contributed by atoms with Crippen molar-refractivity contribution < 1.29 is 17.8 Å². The molecule has 0 aliphatic heterocycles. The van der Waals surface area contributed by atoms with Crippen LogP contribution in [0, 0.1) is 12.8 Å². The van der Waals surface area contributed by atoms with Crippen LogP contribution in [0.1, 0.15) is 37.8 Å². The van der Waals surface area contributed by atoms with Crippen LogP contribution in [0.4, 0.5) is 0 Å². The molecule has 0 fully saturated rings. The van der Waals surface area contributed by atoms with Crippen LogP contribution < -0.4 is 10.9 Å². The summed E-state index contributed by atoms with van der Waals surface area (Å²) in [7, 11) is -4.02. The van der Waals surface area contributed by atoms with Gasteiger partial charge in [0.15, 0.2) is 0 Å². The zero-order valence-corrected chi connectivity index (χ0v) is 17.5. The van der Waals surface area contributed by atoms with Gasteiger partial charge in [0.05, 0.1) is 4.90 Å². The largest absolute Gasteiger partial charge is 0.294 e. The van der Waals surface area contributed by atoms with Gasteiger partial charge in [0.2, 0.25) is 5.91 Å². The molecule has 0 bridgehead atoms. The quantitative estimate of drug-likeness (QED) is 0.354. The van der Waals surface area contributed by atoms with Gasteiger partial charge in [-0.05, 0) is 43.4 Å². The molecule has 0 heterocycles. The summed E-state index contributed by atoms with van der Waals surface area (Å²) < 4.78 is 29.6. The number of amides is 1. The standard InChI is InChI=1S/C14H22N2O.C7H8O3S/c1-12(2)8-9-14(17)16-15-11-10-13-6-4-3-5-7-13;1-6-2-4-7(5-3-6)11(8,9)10/h3-7,12,15H,8-11H2,1-2H3,(H,16,17);2-5H,1H3,(H,8,9,10). The molecular weight excluding hydrogens is 376 g/mol. The predicted molar refractivity (Wildman–Crippen MR) is 111 cm³/mol. The summed E-state index contributed by atoms with van der Waals surface area (Å²) in [6.07, 6.45) is 2.45. The molecule has 0 aromatic heterocycles. The number of rotatable bonds is 8. The second-order valence-corrected chi connectivity index (χ2v) is 8.35. The first kappa shape index (κ1) is 23.8. The Morgan fingerprint density at radius 1 is 1.04 bits per heavy atom. The molecule has 1 amide bonds. The Morgan fingerprint density at radius 3 is 2.18 bits per heavy atom. The van der Waals surface area contributed by atoms with E-state index in [2.05, 4.69) is 36.8 Å². The maximum Gasteiger partial charge on any atom is 0.294 e. The van der Waals surface area contributed by atoms with Crippen LogP contribution in [0.2, 0.25) is 0 Å². The van der Waals surface area contributed by atoms with Gasteiger partial charge in [0, 0.05) is 13.0 Å². The number of hydrogen-bond acceptors (Lipinski definition) is 4. The summed E-state index contributed by atoms with van der Waals surface area (Å²) in [4.78, 5) is 11.3. The lowest BCUT2D eigenvalue weighted by Crippen LogP contribution is -2.38. The minimum absolute atomic E-state index is 0.0666. The smallest absolute Gasteiger partial charge is 0.292 e. The average Bonchev–Trinajstić information content (AvgIpc) is 2.64. The lowest BCUT2D eigenvalue weighted by molar-refractivity contribution is -0.122. The summed E-state index contributed by atoms with van der Waals surface area (Å²) >= 11 is 0. The maximum atomic E-state index is 11.4. The highest BCUT2D eigenvalue weighted by Crippen LogP contribution is 2.08. The molecule has 0 atom stereocenters. The highest BCUT2D eigenvalue weighted by Gasteiger charge is 2.06. The zero-order chi connectivity index (χ0) is 21.0. The fourth-order valence-electron chi connectivity index (χ4n) is 2.21. The molecule has 28 heavy (non-hydrogen) atoms. The molecule has 2 aromatic rings. The molecule has 0 saturated heterocycles. The van der Waals surface area contributed by atoms with Gasteiger partial charge in [0.25, 0.3) is 10.1 Å². The minimum Gasteiger partial charge on any atom is -0.292 e. The van der Waals surface area contributed by atoms with E-state index < -0.39 is 10.1 Å². The number of carbonyl (C=O) groups is 1. The van der Waals surface area contributed by atoms with Crippen molar-refractivity contribution in [2.75, 3.05) is 6.54 Å². The van der Waals surface area contributed by atoms with Gasteiger partial charge in [-0.15, -0.1) is 0 Å². The van der Waals surface area contributed by atoms with E-state index in [1.54, 1.807) is 12.1 Å². The zero-order valence-electron chi connectivity index (χ0n) is 16.7. The molecule has 7 heteroatoms. The van der Waals surface area contributed by atoms with Crippen LogP contribution in [0.25, 0.3) is 0 Å². The first-order chi connectivity index (χ1) is 13.2. The second-order valence-electron chi connectivity index (χ2n) is 6.93. The van der Waals surface area contributed by atoms with Crippen LogP contribution in [0.15, 0.2) is 59.5 Å². The monoisotopic (exact) mass is 406 g/mol. The summed E-state index contributed by atoms with van der Waals surface area (Å²) in [6.45, 7) is 6.84. The van der Waals surface area contributed by atoms with Crippen molar-refractivity contribution in [1.29, 1.82) is 0 Å². The highest BCUT2D eigenvalue weighted by atomic mass is 32.2. The summed E-state index contributed by atoms with van der Waals surface area (Å²) in [5.41, 5.74) is 7.91. The Balaban J connectivity index is 0.000000307. The second kappa shape index (κ2) is 12.3. The number of hydrogen-bond donors (Lipinski definition) is 3. The van der Waals surface area contributed by atoms with Gasteiger partial charge in [-0.2, -0.15) is 8.42 Å². The fraction of sp³-hybridized carbons (Fsp3) is 0.381. The number of benzene rings is 2. The van der Waals surface area contributed by atoms with E-state index >= 15 is 0 Å². The average molecular weight is 407 g/mol. The molecule has 0 aliphatic rings.